The second kappa shape index (κ2) is 10.9. The third kappa shape index (κ3) is 6.75. The lowest BCUT2D eigenvalue weighted by Gasteiger charge is -2.29. The van der Waals surface area contributed by atoms with Crippen LogP contribution in [0.3, 0.4) is 0 Å². The van der Waals surface area contributed by atoms with Gasteiger partial charge in [0, 0.05) is 30.9 Å². The zero-order valence-electron chi connectivity index (χ0n) is 20.0. The molecular formula is C25H22F5N5O2. The minimum atomic E-state index is -4.72. The van der Waals surface area contributed by atoms with E-state index in [9.17, 15) is 32.0 Å². The minimum Gasteiger partial charge on any atom is -0.461 e. The zero-order chi connectivity index (χ0) is 27.4. The largest absolute Gasteiger partial charge is 0.461 e. The Hall–Kier alpha value is -4.14. The van der Waals surface area contributed by atoms with E-state index in [4.69, 9.17) is 4.74 Å². The first kappa shape index (κ1) is 27.4. The van der Waals surface area contributed by atoms with Gasteiger partial charge in [0.2, 0.25) is 5.88 Å². The van der Waals surface area contributed by atoms with Crippen molar-refractivity contribution in [1.82, 2.24) is 20.3 Å². The quantitative estimate of drug-likeness (QED) is 0.425. The summed E-state index contributed by atoms with van der Waals surface area (Å²) in [7, 11) is 0. The number of carbonyl (C=O) groups excluding carboxylic acids is 1. The van der Waals surface area contributed by atoms with E-state index in [1.165, 1.54) is 32.3 Å². The van der Waals surface area contributed by atoms with Crippen LogP contribution in [-0.4, -0.2) is 33.0 Å². The molecule has 1 amide bonds. The lowest BCUT2D eigenvalue weighted by atomic mass is 9.82. The molecule has 194 valence electrons. The predicted octanol–water partition coefficient (Wildman–Crippen LogP) is 4.90. The lowest BCUT2D eigenvalue weighted by Crippen LogP contribution is -2.48. The topological polar surface area (TPSA) is 101 Å². The van der Waals surface area contributed by atoms with E-state index < -0.39 is 52.7 Å². The van der Waals surface area contributed by atoms with Crippen molar-refractivity contribution in [3.05, 3.63) is 83.1 Å². The summed E-state index contributed by atoms with van der Waals surface area (Å²) in [6, 6.07) is 7.60. The summed E-state index contributed by atoms with van der Waals surface area (Å²) < 4.78 is 71.7. The van der Waals surface area contributed by atoms with Crippen molar-refractivity contribution in [2.24, 2.45) is 0 Å². The Labute approximate surface area is 209 Å². The molecule has 0 aliphatic rings. The van der Waals surface area contributed by atoms with Gasteiger partial charge in [0.1, 0.15) is 12.4 Å². The number of amides is 1. The third-order valence-corrected chi connectivity index (χ3v) is 5.71. The van der Waals surface area contributed by atoms with Gasteiger partial charge in [-0.1, -0.05) is 13.0 Å². The molecule has 0 saturated heterocycles. The minimum absolute atomic E-state index is 0.0417. The van der Waals surface area contributed by atoms with Gasteiger partial charge in [-0.2, -0.15) is 18.4 Å². The van der Waals surface area contributed by atoms with Gasteiger partial charge in [0.25, 0.3) is 5.91 Å². The van der Waals surface area contributed by atoms with E-state index in [1.807, 2.05) is 6.07 Å². The number of nitrogens with zero attached hydrogens (tertiary/aromatic N) is 4. The summed E-state index contributed by atoms with van der Waals surface area (Å²) >= 11 is 0. The first-order valence-electron chi connectivity index (χ1n) is 11.0. The Morgan fingerprint density at radius 1 is 1.08 bits per heavy atom. The molecule has 12 heteroatoms. The fourth-order valence-corrected chi connectivity index (χ4v) is 3.61. The molecule has 3 aromatic rings. The number of hydrogen-bond acceptors (Lipinski definition) is 6. The molecule has 1 aromatic carbocycles. The standard InChI is InChI=1S/C25H22F5N5O2/c1-14(16-4-5-19(26)20(27)7-16)18(17-6-15(9-31)10-32-11-17)12-33-23(36)24(2,3)37-22-8-21(25(28,29)30)34-13-35-22/h4-8,10-11,13-14,18H,12H2,1-3H3,(H,33,36). The van der Waals surface area contributed by atoms with Gasteiger partial charge in [-0.05, 0) is 49.1 Å². The predicted molar refractivity (Wildman–Crippen MR) is 121 cm³/mol. The van der Waals surface area contributed by atoms with Crippen LogP contribution in [-0.2, 0) is 11.0 Å². The number of pyridine rings is 1. The Kier molecular flexibility index (Phi) is 8.06. The van der Waals surface area contributed by atoms with Crippen molar-refractivity contribution in [3.8, 4) is 11.9 Å². The molecule has 7 nitrogen and oxygen atoms in total. The van der Waals surface area contributed by atoms with Gasteiger partial charge in [-0.25, -0.2) is 18.7 Å². The van der Waals surface area contributed by atoms with E-state index >= 15 is 0 Å². The summed E-state index contributed by atoms with van der Waals surface area (Å²) in [5, 5.41) is 11.9. The summed E-state index contributed by atoms with van der Waals surface area (Å²) in [4.78, 5) is 23.8. The number of rotatable bonds is 8. The van der Waals surface area contributed by atoms with E-state index in [-0.39, 0.29) is 12.1 Å². The van der Waals surface area contributed by atoms with Crippen molar-refractivity contribution in [1.29, 1.82) is 5.26 Å². The Balaban J connectivity index is 1.83. The number of hydrogen-bond donors (Lipinski definition) is 1. The molecule has 0 aliphatic heterocycles. The lowest BCUT2D eigenvalue weighted by molar-refractivity contribution is -0.141. The normalized spacial score (nSPS) is 13.4. The maximum atomic E-state index is 13.9. The fourth-order valence-electron chi connectivity index (χ4n) is 3.61. The van der Waals surface area contributed by atoms with Gasteiger partial charge >= 0.3 is 6.18 Å². The molecule has 3 rings (SSSR count). The third-order valence-electron chi connectivity index (χ3n) is 5.71. The van der Waals surface area contributed by atoms with E-state index in [1.54, 1.807) is 13.0 Å². The summed E-state index contributed by atoms with van der Waals surface area (Å²) in [5.74, 6) is -4.17. The SMILES string of the molecule is CC(c1ccc(F)c(F)c1)C(CNC(=O)C(C)(C)Oc1cc(C(F)(F)F)ncn1)c1cncc(C#N)c1. The number of alkyl halides is 3. The van der Waals surface area contributed by atoms with E-state index in [2.05, 4.69) is 20.3 Å². The number of nitrogens with one attached hydrogen (secondary N) is 1. The maximum Gasteiger partial charge on any atom is 0.433 e. The molecule has 0 radical (unpaired) electrons. The molecule has 2 aromatic heterocycles. The number of nitriles is 1. The molecule has 2 atom stereocenters. The first-order valence-corrected chi connectivity index (χ1v) is 11.0. The first-order chi connectivity index (χ1) is 17.3. The van der Waals surface area contributed by atoms with Gasteiger partial charge < -0.3 is 10.1 Å². The number of aromatic nitrogens is 3. The van der Waals surface area contributed by atoms with Crippen molar-refractivity contribution in [2.45, 2.75) is 44.4 Å². The highest BCUT2D eigenvalue weighted by atomic mass is 19.4. The molecule has 2 heterocycles. The molecule has 0 aliphatic carbocycles. The molecule has 37 heavy (non-hydrogen) atoms. The Morgan fingerprint density at radius 3 is 2.46 bits per heavy atom. The zero-order valence-corrected chi connectivity index (χ0v) is 20.0. The van der Waals surface area contributed by atoms with Crippen LogP contribution in [0.4, 0.5) is 22.0 Å². The van der Waals surface area contributed by atoms with E-state index in [0.29, 0.717) is 23.5 Å². The van der Waals surface area contributed by atoms with E-state index in [0.717, 1.165) is 12.1 Å². The molecule has 0 saturated carbocycles. The second-order valence-electron chi connectivity index (χ2n) is 8.75. The van der Waals surface area contributed by atoms with Crippen molar-refractivity contribution in [3.63, 3.8) is 0 Å². The molecule has 1 N–H and O–H groups in total. The highest BCUT2D eigenvalue weighted by Gasteiger charge is 2.35. The van der Waals surface area contributed by atoms with Crippen molar-refractivity contribution in [2.75, 3.05) is 6.54 Å². The van der Waals surface area contributed by atoms with Crippen LogP contribution in [0, 0.1) is 23.0 Å². The van der Waals surface area contributed by atoms with Gasteiger partial charge in [-0.3, -0.25) is 9.78 Å². The van der Waals surface area contributed by atoms with Crippen LogP contribution in [0.1, 0.15) is 55.0 Å². The Morgan fingerprint density at radius 2 is 1.81 bits per heavy atom. The highest BCUT2D eigenvalue weighted by molar-refractivity contribution is 5.84. The van der Waals surface area contributed by atoms with Crippen LogP contribution in [0.25, 0.3) is 0 Å². The molecule has 2 unspecified atom stereocenters. The maximum absolute atomic E-state index is 13.9. The highest BCUT2D eigenvalue weighted by Crippen LogP contribution is 2.34. The number of carbonyl (C=O) groups is 1. The van der Waals surface area contributed by atoms with Crippen LogP contribution in [0.5, 0.6) is 5.88 Å². The fraction of sp³-hybridized carbons (Fsp3) is 0.320. The van der Waals surface area contributed by atoms with Crippen LogP contribution in [0.15, 0.2) is 49.1 Å². The second-order valence-corrected chi connectivity index (χ2v) is 8.75. The molecular weight excluding hydrogens is 497 g/mol. The summed E-state index contributed by atoms with van der Waals surface area (Å²) in [6.45, 7) is 4.40. The van der Waals surface area contributed by atoms with Crippen molar-refractivity contribution < 1.29 is 31.5 Å². The van der Waals surface area contributed by atoms with Gasteiger partial charge in [0.15, 0.2) is 22.9 Å². The summed E-state index contributed by atoms with van der Waals surface area (Å²) in [5.41, 5.74) is -1.60. The van der Waals surface area contributed by atoms with Gasteiger partial charge in [0.05, 0.1) is 5.56 Å². The number of ether oxygens (including phenoxy) is 1. The summed E-state index contributed by atoms with van der Waals surface area (Å²) in [6.07, 6.45) is -1.19. The van der Waals surface area contributed by atoms with Crippen molar-refractivity contribution >= 4 is 5.91 Å². The van der Waals surface area contributed by atoms with Gasteiger partial charge in [-0.15, -0.1) is 0 Å². The molecule has 0 fully saturated rings. The van der Waals surface area contributed by atoms with Crippen LogP contribution >= 0.6 is 0 Å². The smallest absolute Gasteiger partial charge is 0.433 e. The number of halogens is 5. The van der Waals surface area contributed by atoms with Crippen LogP contribution in [0.2, 0.25) is 0 Å². The van der Waals surface area contributed by atoms with Crippen LogP contribution < -0.4 is 10.1 Å². The molecule has 0 spiro atoms. The average Bonchev–Trinajstić information content (AvgIpc) is 2.85. The monoisotopic (exact) mass is 519 g/mol. The average molecular weight is 519 g/mol. The number of benzene rings is 1. The Bertz CT molecular complexity index is 1320. The molecule has 0 bridgehead atoms.